The van der Waals surface area contributed by atoms with Gasteiger partial charge in [-0.05, 0) is 38.0 Å². The number of aryl methyl sites for hydroxylation is 2. The van der Waals surface area contributed by atoms with Crippen LogP contribution in [0.25, 0.3) is 0 Å². The Balaban J connectivity index is 1.98. The van der Waals surface area contributed by atoms with Crippen LogP contribution in [-0.2, 0) is 19.5 Å². The first-order valence-electron chi connectivity index (χ1n) is 8.10. The van der Waals surface area contributed by atoms with Crippen molar-refractivity contribution in [3.8, 4) is 0 Å². The van der Waals surface area contributed by atoms with Gasteiger partial charge in [0.05, 0.1) is 16.4 Å². The zero-order valence-corrected chi connectivity index (χ0v) is 13.9. The average molecular weight is 298 g/mol. The van der Waals surface area contributed by atoms with E-state index in [1.54, 1.807) is 0 Å². The van der Waals surface area contributed by atoms with Gasteiger partial charge in [0.15, 0.2) is 0 Å². The van der Waals surface area contributed by atoms with Gasteiger partial charge in [-0.1, -0.05) is 38.3 Å². The number of hydrogen-bond acceptors (Lipinski definition) is 2. The van der Waals surface area contributed by atoms with Crippen LogP contribution in [0.5, 0.6) is 0 Å². The molecule has 2 rings (SSSR count). The Morgan fingerprint density at radius 3 is 2.50 bits per heavy atom. The highest BCUT2D eigenvalue weighted by atomic mass is 35.5. The predicted molar refractivity (Wildman–Crippen MR) is 85.2 cm³/mol. The Morgan fingerprint density at radius 2 is 1.95 bits per heavy atom. The SMILES string of the molecule is CCc1nn(CC)c(CNCC2(CC)CCCC2)c1Cl. The van der Waals surface area contributed by atoms with E-state index in [0.717, 1.165) is 42.5 Å². The lowest BCUT2D eigenvalue weighted by atomic mass is 9.83. The van der Waals surface area contributed by atoms with Crippen LogP contribution in [0.4, 0.5) is 0 Å². The van der Waals surface area contributed by atoms with E-state index in [4.69, 9.17) is 11.6 Å². The van der Waals surface area contributed by atoms with Gasteiger partial charge in [-0.25, -0.2) is 0 Å². The highest BCUT2D eigenvalue weighted by molar-refractivity contribution is 6.31. The molecule has 0 spiro atoms. The van der Waals surface area contributed by atoms with Crippen molar-refractivity contribution in [1.29, 1.82) is 0 Å². The van der Waals surface area contributed by atoms with Crippen molar-refractivity contribution in [1.82, 2.24) is 15.1 Å². The maximum atomic E-state index is 6.45. The Hall–Kier alpha value is -0.540. The maximum absolute atomic E-state index is 6.45. The van der Waals surface area contributed by atoms with E-state index in [9.17, 15) is 0 Å². The second kappa shape index (κ2) is 6.95. The van der Waals surface area contributed by atoms with E-state index in [-0.39, 0.29) is 0 Å². The number of rotatable bonds is 7. The molecule has 0 aliphatic heterocycles. The molecule has 0 bridgehead atoms. The lowest BCUT2D eigenvalue weighted by molar-refractivity contribution is 0.267. The molecule has 0 unspecified atom stereocenters. The van der Waals surface area contributed by atoms with E-state index >= 15 is 0 Å². The molecule has 0 saturated heterocycles. The summed E-state index contributed by atoms with van der Waals surface area (Å²) in [4.78, 5) is 0. The highest BCUT2D eigenvalue weighted by Crippen LogP contribution is 2.40. The Morgan fingerprint density at radius 1 is 1.25 bits per heavy atom. The van der Waals surface area contributed by atoms with E-state index in [2.05, 4.69) is 31.2 Å². The van der Waals surface area contributed by atoms with Crippen LogP contribution < -0.4 is 5.32 Å². The lowest BCUT2D eigenvalue weighted by Gasteiger charge is -2.27. The molecular formula is C16H28ClN3. The van der Waals surface area contributed by atoms with Crippen molar-refractivity contribution in [2.45, 2.75) is 72.4 Å². The topological polar surface area (TPSA) is 29.9 Å². The summed E-state index contributed by atoms with van der Waals surface area (Å²) < 4.78 is 2.04. The summed E-state index contributed by atoms with van der Waals surface area (Å²) in [6.45, 7) is 9.38. The van der Waals surface area contributed by atoms with E-state index in [1.807, 2.05) is 4.68 Å². The van der Waals surface area contributed by atoms with Crippen molar-refractivity contribution in [3.05, 3.63) is 16.4 Å². The molecule has 0 aromatic carbocycles. The normalized spacial score (nSPS) is 17.8. The van der Waals surface area contributed by atoms with E-state index < -0.39 is 0 Å². The molecular weight excluding hydrogens is 270 g/mol. The van der Waals surface area contributed by atoms with Gasteiger partial charge in [0.1, 0.15) is 0 Å². The fourth-order valence-corrected chi connectivity index (χ4v) is 3.75. The summed E-state index contributed by atoms with van der Waals surface area (Å²) in [6, 6.07) is 0. The smallest absolute Gasteiger partial charge is 0.0863 e. The minimum absolute atomic E-state index is 0.525. The number of nitrogens with zero attached hydrogens (tertiary/aromatic N) is 2. The molecule has 1 aliphatic carbocycles. The Bertz CT molecular complexity index is 433. The van der Waals surface area contributed by atoms with Gasteiger partial charge < -0.3 is 5.32 Å². The fraction of sp³-hybridized carbons (Fsp3) is 0.812. The molecule has 20 heavy (non-hydrogen) atoms. The van der Waals surface area contributed by atoms with Crippen molar-refractivity contribution < 1.29 is 0 Å². The molecule has 1 saturated carbocycles. The van der Waals surface area contributed by atoms with E-state index in [0.29, 0.717) is 5.41 Å². The van der Waals surface area contributed by atoms with Gasteiger partial charge in [0.2, 0.25) is 0 Å². The third-order valence-corrected chi connectivity index (χ3v) is 5.34. The second-order valence-corrected chi connectivity index (χ2v) is 6.42. The summed E-state index contributed by atoms with van der Waals surface area (Å²) in [7, 11) is 0. The Labute approximate surface area is 128 Å². The van der Waals surface area contributed by atoms with Crippen LogP contribution in [0, 0.1) is 5.41 Å². The molecule has 114 valence electrons. The highest BCUT2D eigenvalue weighted by Gasteiger charge is 2.31. The van der Waals surface area contributed by atoms with Crippen molar-refractivity contribution in [3.63, 3.8) is 0 Å². The van der Waals surface area contributed by atoms with Gasteiger partial charge in [-0.2, -0.15) is 5.10 Å². The number of hydrogen-bond donors (Lipinski definition) is 1. The van der Waals surface area contributed by atoms with Gasteiger partial charge in [-0.15, -0.1) is 0 Å². The third kappa shape index (κ3) is 3.20. The van der Waals surface area contributed by atoms with Gasteiger partial charge in [0, 0.05) is 19.6 Å². The first kappa shape index (κ1) is 15.8. The van der Waals surface area contributed by atoms with Crippen LogP contribution in [0.3, 0.4) is 0 Å². The molecule has 1 N–H and O–H groups in total. The fourth-order valence-electron chi connectivity index (χ4n) is 3.41. The van der Waals surface area contributed by atoms with Crippen LogP contribution in [0.2, 0.25) is 5.02 Å². The molecule has 3 nitrogen and oxygen atoms in total. The molecule has 0 amide bonds. The summed E-state index contributed by atoms with van der Waals surface area (Å²) in [5, 5.41) is 9.08. The minimum atomic E-state index is 0.525. The molecule has 4 heteroatoms. The first-order chi connectivity index (χ1) is 9.65. The summed E-state index contributed by atoms with van der Waals surface area (Å²) in [5.74, 6) is 0. The monoisotopic (exact) mass is 297 g/mol. The summed E-state index contributed by atoms with van der Waals surface area (Å²) >= 11 is 6.45. The van der Waals surface area contributed by atoms with Crippen LogP contribution in [0.1, 0.15) is 64.3 Å². The molecule has 1 aromatic rings. The van der Waals surface area contributed by atoms with Crippen molar-refractivity contribution in [2.75, 3.05) is 6.54 Å². The second-order valence-electron chi connectivity index (χ2n) is 6.04. The number of nitrogens with one attached hydrogen (secondary N) is 1. The Kier molecular flexibility index (Phi) is 5.50. The predicted octanol–water partition coefficient (Wildman–Crippen LogP) is 4.18. The van der Waals surface area contributed by atoms with Crippen LogP contribution in [-0.4, -0.2) is 16.3 Å². The molecule has 1 heterocycles. The molecule has 1 aromatic heterocycles. The zero-order chi connectivity index (χ0) is 14.6. The minimum Gasteiger partial charge on any atom is -0.311 e. The third-order valence-electron chi connectivity index (χ3n) is 4.90. The lowest BCUT2D eigenvalue weighted by Crippen LogP contribution is -2.31. The first-order valence-corrected chi connectivity index (χ1v) is 8.48. The maximum Gasteiger partial charge on any atom is 0.0863 e. The van der Waals surface area contributed by atoms with Gasteiger partial charge in [0.25, 0.3) is 0 Å². The molecule has 0 atom stereocenters. The quantitative estimate of drug-likeness (QED) is 0.818. The average Bonchev–Trinajstić information content (AvgIpc) is 3.05. The molecule has 1 aliphatic rings. The standard InChI is InChI=1S/C16H28ClN3/c1-4-13-15(17)14(20(6-3)19-13)11-18-12-16(5-2)9-7-8-10-16/h18H,4-12H2,1-3H3. The van der Waals surface area contributed by atoms with Gasteiger partial charge >= 0.3 is 0 Å². The van der Waals surface area contributed by atoms with Crippen LogP contribution >= 0.6 is 11.6 Å². The molecule has 0 radical (unpaired) electrons. The number of aromatic nitrogens is 2. The molecule has 1 fully saturated rings. The van der Waals surface area contributed by atoms with Gasteiger partial charge in [-0.3, -0.25) is 4.68 Å². The van der Waals surface area contributed by atoms with Crippen LogP contribution in [0.15, 0.2) is 0 Å². The zero-order valence-electron chi connectivity index (χ0n) is 13.1. The van der Waals surface area contributed by atoms with Crippen molar-refractivity contribution >= 4 is 11.6 Å². The summed E-state index contributed by atoms with van der Waals surface area (Å²) in [6.07, 6.45) is 7.71. The number of halogens is 1. The van der Waals surface area contributed by atoms with Crippen molar-refractivity contribution in [2.24, 2.45) is 5.41 Å². The van der Waals surface area contributed by atoms with E-state index in [1.165, 1.54) is 32.1 Å². The summed E-state index contributed by atoms with van der Waals surface area (Å²) in [5.41, 5.74) is 2.70. The largest absolute Gasteiger partial charge is 0.311 e.